The lowest BCUT2D eigenvalue weighted by molar-refractivity contribution is 0.768. The van der Waals surface area contributed by atoms with Crippen LogP contribution in [0.15, 0.2) is 41.7 Å². The van der Waals surface area contributed by atoms with E-state index in [1.807, 2.05) is 19.3 Å². The minimum Gasteiger partial charge on any atom is -0.328 e. The van der Waals surface area contributed by atoms with E-state index in [0.29, 0.717) is 10.9 Å². The number of aromatic nitrogens is 4. The van der Waals surface area contributed by atoms with Crippen molar-refractivity contribution in [1.82, 2.24) is 19.7 Å². The normalized spacial score (nSPS) is 10.9. The molecule has 0 saturated carbocycles. The predicted octanol–water partition coefficient (Wildman–Crippen LogP) is 1.32. The van der Waals surface area contributed by atoms with Gasteiger partial charge in [0.05, 0.1) is 17.1 Å². The molecule has 84 valence electrons. The maximum absolute atomic E-state index is 11.7. The number of fused-ring (bicyclic) bond motifs is 1. The van der Waals surface area contributed by atoms with E-state index in [9.17, 15) is 4.79 Å². The van der Waals surface area contributed by atoms with Crippen LogP contribution in [-0.4, -0.2) is 19.7 Å². The number of aromatic amines is 1. The lowest BCUT2D eigenvalue weighted by atomic mass is 10.1. The summed E-state index contributed by atoms with van der Waals surface area (Å²) >= 11 is 0. The first-order chi connectivity index (χ1) is 8.24. The highest BCUT2D eigenvalue weighted by Crippen LogP contribution is 2.19. The van der Waals surface area contributed by atoms with Crippen LogP contribution in [0.4, 0.5) is 0 Å². The van der Waals surface area contributed by atoms with Gasteiger partial charge in [0.2, 0.25) is 0 Å². The molecular formula is C12H10N4O. The average molecular weight is 226 g/mol. The second kappa shape index (κ2) is 3.55. The van der Waals surface area contributed by atoms with Crippen molar-refractivity contribution >= 4 is 10.9 Å². The zero-order valence-electron chi connectivity index (χ0n) is 9.21. The van der Waals surface area contributed by atoms with Crippen LogP contribution in [0.25, 0.3) is 22.0 Å². The summed E-state index contributed by atoms with van der Waals surface area (Å²) in [5, 5.41) is 4.69. The Bertz CT molecular complexity index is 741. The summed E-state index contributed by atoms with van der Waals surface area (Å²) in [4.78, 5) is 18.6. The second-order valence-corrected chi connectivity index (χ2v) is 3.87. The molecule has 17 heavy (non-hydrogen) atoms. The lowest BCUT2D eigenvalue weighted by Crippen LogP contribution is -2.05. The first-order valence-corrected chi connectivity index (χ1v) is 5.20. The molecule has 0 fully saturated rings. The average Bonchev–Trinajstić information content (AvgIpc) is 2.76. The molecule has 0 atom stereocenters. The van der Waals surface area contributed by atoms with Gasteiger partial charge in [0.15, 0.2) is 0 Å². The van der Waals surface area contributed by atoms with Crippen LogP contribution in [-0.2, 0) is 7.05 Å². The smallest absolute Gasteiger partial charge is 0.257 e. The number of hydrogen-bond donors (Lipinski definition) is 1. The number of pyridine rings is 2. The number of hydrogen-bond acceptors (Lipinski definition) is 3. The third-order valence-corrected chi connectivity index (χ3v) is 2.66. The molecule has 1 N–H and O–H groups in total. The van der Waals surface area contributed by atoms with Gasteiger partial charge in [0.25, 0.3) is 5.56 Å². The van der Waals surface area contributed by atoms with E-state index >= 15 is 0 Å². The summed E-state index contributed by atoms with van der Waals surface area (Å²) in [5.41, 5.74) is 2.41. The van der Waals surface area contributed by atoms with E-state index in [2.05, 4.69) is 15.1 Å². The van der Waals surface area contributed by atoms with Crippen LogP contribution in [0, 0.1) is 0 Å². The van der Waals surface area contributed by atoms with Crippen molar-refractivity contribution < 1.29 is 0 Å². The fourth-order valence-electron chi connectivity index (χ4n) is 1.79. The van der Waals surface area contributed by atoms with Crippen molar-refractivity contribution in [3.8, 4) is 11.1 Å². The molecule has 0 unspecified atom stereocenters. The second-order valence-electron chi connectivity index (χ2n) is 3.87. The van der Waals surface area contributed by atoms with Gasteiger partial charge >= 0.3 is 0 Å². The molecule has 0 saturated heterocycles. The van der Waals surface area contributed by atoms with Crippen molar-refractivity contribution in [2.45, 2.75) is 0 Å². The Hall–Kier alpha value is -2.43. The number of nitrogens with zero attached hydrogens (tertiary/aromatic N) is 3. The molecule has 0 aliphatic rings. The molecule has 0 spiro atoms. The molecule has 3 aromatic heterocycles. The van der Waals surface area contributed by atoms with E-state index < -0.39 is 0 Å². The molecule has 5 heteroatoms. The van der Waals surface area contributed by atoms with Crippen LogP contribution in [0.1, 0.15) is 0 Å². The summed E-state index contributed by atoms with van der Waals surface area (Å²) in [6.07, 6.45) is 6.99. The zero-order valence-corrected chi connectivity index (χ0v) is 9.21. The number of aryl methyl sites for hydroxylation is 1. The van der Waals surface area contributed by atoms with Crippen LogP contribution in [0.2, 0.25) is 0 Å². The Morgan fingerprint density at radius 2 is 2.18 bits per heavy atom. The van der Waals surface area contributed by atoms with Gasteiger partial charge in [0.1, 0.15) is 0 Å². The van der Waals surface area contributed by atoms with Crippen LogP contribution in [0.3, 0.4) is 0 Å². The zero-order chi connectivity index (χ0) is 11.8. The summed E-state index contributed by atoms with van der Waals surface area (Å²) < 4.78 is 1.72. The van der Waals surface area contributed by atoms with Gasteiger partial charge in [-0.2, -0.15) is 5.10 Å². The van der Waals surface area contributed by atoms with E-state index in [1.165, 1.54) is 0 Å². The maximum atomic E-state index is 11.7. The number of H-pyrrole nitrogens is 1. The third kappa shape index (κ3) is 1.61. The molecule has 3 rings (SSSR count). The first-order valence-electron chi connectivity index (χ1n) is 5.20. The number of rotatable bonds is 1. The molecule has 0 radical (unpaired) electrons. The van der Waals surface area contributed by atoms with E-state index in [4.69, 9.17) is 0 Å². The van der Waals surface area contributed by atoms with Gasteiger partial charge in [-0.1, -0.05) is 0 Å². The lowest BCUT2D eigenvalue weighted by Gasteiger charge is -1.99. The standard InChI is InChI=1S/C12H10N4O/c1-16-7-9(6-15-16)8-4-10-11(14-5-8)2-3-13-12(10)17/h2-7H,1H3,(H,13,17). The molecule has 0 aliphatic heterocycles. The van der Waals surface area contributed by atoms with Gasteiger partial charge in [0, 0.05) is 36.8 Å². The topological polar surface area (TPSA) is 63.6 Å². The third-order valence-electron chi connectivity index (χ3n) is 2.66. The predicted molar refractivity (Wildman–Crippen MR) is 64.6 cm³/mol. The molecular weight excluding hydrogens is 216 g/mol. The Labute approximate surface area is 96.7 Å². The molecule has 0 bridgehead atoms. The van der Waals surface area contributed by atoms with Crippen molar-refractivity contribution in [3.63, 3.8) is 0 Å². The van der Waals surface area contributed by atoms with Crippen molar-refractivity contribution in [3.05, 3.63) is 47.3 Å². The largest absolute Gasteiger partial charge is 0.328 e. The molecule has 3 aromatic rings. The summed E-state index contributed by atoms with van der Waals surface area (Å²) in [6, 6.07) is 3.61. The van der Waals surface area contributed by atoms with Gasteiger partial charge in [-0.25, -0.2) is 0 Å². The van der Waals surface area contributed by atoms with Crippen LogP contribution in [0.5, 0.6) is 0 Å². The molecule has 5 nitrogen and oxygen atoms in total. The fourth-order valence-corrected chi connectivity index (χ4v) is 1.79. The van der Waals surface area contributed by atoms with Crippen LogP contribution >= 0.6 is 0 Å². The van der Waals surface area contributed by atoms with E-state index in [1.54, 1.807) is 29.3 Å². The SMILES string of the molecule is Cn1cc(-c2cnc3cc[nH]c(=O)c3c2)cn1. The summed E-state index contributed by atoms with van der Waals surface area (Å²) in [5.74, 6) is 0. The van der Waals surface area contributed by atoms with Gasteiger partial charge in [-0.15, -0.1) is 0 Å². The highest BCUT2D eigenvalue weighted by atomic mass is 16.1. The molecule has 0 aliphatic carbocycles. The van der Waals surface area contributed by atoms with Crippen molar-refractivity contribution in [1.29, 1.82) is 0 Å². The molecule has 3 heterocycles. The van der Waals surface area contributed by atoms with Crippen LogP contribution < -0.4 is 5.56 Å². The van der Waals surface area contributed by atoms with E-state index in [-0.39, 0.29) is 5.56 Å². The summed E-state index contributed by atoms with van der Waals surface area (Å²) in [7, 11) is 1.85. The quantitative estimate of drug-likeness (QED) is 0.680. The highest BCUT2D eigenvalue weighted by Gasteiger charge is 2.04. The number of nitrogens with one attached hydrogen (secondary N) is 1. The minimum atomic E-state index is -0.124. The van der Waals surface area contributed by atoms with Gasteiger partial charge < -0.3 is 4.98 Å². The Kier molecular flexibility index (Phi) is 2.04. The minimum absolute atomic E-state index is 0.124. The Morgan fingerprint density at radius 1 is 1.29 bits per heavy atom. The fraction of sp³-hybridized carbons (Fsp3) is 0.0833. The molecule has 0 aromatic carbocycles. The van der Waals surface area contributed by atoms with Gasteiger partial charge in [-0.3, -0.25) is 14.5 Å². The van der Waals surface area contributed by atoms with E-state index in [0.717, 1.165) is 11.1 Å². The van der Waals surface area contributed by atoms with Gasteiger partial charge in [-0.05, 0) is 12.1 Å². The summed E-state index contributed by atoms with van der Waals surface area (Å²) in [6.45, 7) is 0. The first kappa shape index (κ1) is 9.77. The Balaban J connectivity index is 2.26. The monoisotopic (exact) mass is 226 g/mol. The molecule has 0 amide bonds. The maximum Gasteiger partial charge on any atom is 0.257 e. The van der Waals surface area contributed by atoms with Crippen molar-refractivity contribution in [2.75, 3.05) is 0 Å². The highest BCUT2D eigenvalue weighted by molar-refractivity contribution is 5.82. The Morgan fingerprint density at radius 3 is 2.94 bits per heavy atom. The van der Waals surface area contributed by atoms with Crippen molar-refractivity contribution in [2.24, 2.45) is 7.05 Å².